The number of hydrogen-bond donors (Lipinski definition) is 0. The van der Waals surface area contributed by atoms with Gasteiger partial charge in [0.1, 0.15) is 11.6 Å². The number of esters is 1. The SMILES string of the molecule is C=C1C(C)C[C@@H](C(=O)OC)N1C(=O)OC(C)(C)C. The highest BCUT2D eigenvalue weighted by Gasteiger charge is 2.43. The van der Waals surface area contributed by atoms with Crippen LogP contribution in [0.4, 0.5) is 4.79 Å². The van der Waals surface area contributed by atoms with Crippen molar-refractivity contribution in [1.29, 1.82) is 0 Å². The molecule has 2 atom stereocenters. The second-order valence-electron chi connectivity index (χ2n) is 5.52. The minimum atomic E-state index is -0.632. The predicted octanol–water partition coefficient (Wildman–Crippen LogP) is 2.32. The highest BCUT2D eigenvalue weighted by atomic mass is 16.6. The van der Waals surface area contributed by atoms with Crippen molar-refractivity contribution in [3.8, 4) is 0 Å². The quantitative estimate of drug-likeness (QED) is 0.675. The maximum absolute atomic E-state index is 12.1. The van der Waals surface area contributed by atoms with Crippen molar-refractivity contribution in [3.63, 3.8) is 0 Å². The molecule has 1 saturated heterocycles. The van der Waals surface area contributed by atoms with E-state index in [4.69, 9.17) is 9.47 Å². The molecule has 1 rings (SSSR count). The molecule has 5 heteroatoms. The standard InChI is InChI=1S/C13H21NO4/c1-8-7-10(11(15)17-6)14(9(8)2)12(16)18-13(3,4)5/h8,10H,2,7H2,1,3-6H3/t8?,10-/m0/s1. The number of amides is 1. The molecular formula is C13H21NO4. The third-order valence-corrected chi connectivity index (χ3v) is 2.83. The Labute approximate surface area is 108 Å². The van der Waals surface area contributed by atoms with Crippen LogP contribution in [0.25, 0.3) is 0 Å². The van der Waals surface area contributed by atoms with Crippen LogP contribution in [0.3, 0.4) is 0 Å². The molecule has 0 spiro atoms. The van der Waals surface area contributed by atoms with Crippen molar-refractivity contribution in [2.45, 2.75) is 45.8 Å². The van der Waals surface area contributed by atoms with Gasteiger partial charge >= 0.3 is 12.1 Å². The van der Waals surface area contributed by atoms with Crippen LogP contribution in [0.1, 0.15) is 34.1 Å². The molecule has 0 aromatic rings. The Balaban J connectivity index is 2.91. The highest BCUT2D eigenvalue weighted by molar-refractivity contribution is 5.84. The van der Waals surface area contributed by atoms with Gasteiger partial charge in [-0.15, -0.1) is 0 Å². The lowest BCUT2D eigenvalue weighted by Gasteiger charge is -2.28. The summed E-state index contributed by atoms with van der Waals surface area (Å²) in [6, 6.07) is -0.632. The summed E-state index contributed by atoms with van der Waals surface area (Å²) in [6.45, 7) is 11.1. The summed E-state index contributed by atoms with van der Waals surface area (Å²) in [5, 5.41) is 0. The Morgan fingerprint density at radius 2 is 1.94 bits per heavy atom. The molecule has 0 saturated carbocycles. The maximum Gasteiger partial charge on any atom is 0.415 e. The van der Waals surface area contributed by atoms with E-state index >= 15 is 0 Å². The number of carbonyl (C=O) groups excluding carboxylic acids is 2. The van der Waals surface area contributed by atoms with Gasteiger partial charge in [0.05, 0.1) is 7.11 Å². The van der Waals surface area contributed by atoms with Crippen molar-refractivity contribution < 1.29 is 19.1 Å². The number of methoxy groups -OCH3 is 1. The molecule has 0 radical (unpaired) electrons. The fraction of sp³-hybridized carbons (Fsp3) is 0.692. The highest BCUT2D eigenvalue weighted by Crippen LogP contribution is 2.33. The summed E-state index contributed by atoms with van der Waals surface area (Å²) in [6.07, 6.45) is -0.0302. The molecule has 0 aromatic heterocycles. The van der Waals surface area contributed by atoms with Crippen LogP contribution in [0.5, 0.6) is 0 Å². The van der Waals surface area contributed by atoms with Crippen LogP contribution >= 0.6 is 0 Å². The maximum atomic E-state index is 12.1. The molecular weight excluding hydrogens is 234 g/mol. The summed E-state index contributed by atoms with van der Waals surface area (Å²) in [5.74, 6) is -0.382. The summed E-state index contributed by atoms with van der Waals surface area (Å²) in [7, 11) is 1.31. The number of carbonyl (C=O) groups is 2. The molecule has 1 unspecified atom stereocenters. The van der Waals surface area contributed by atoms with Gasteiger partial charge < -0.3 is 9.47 Å². The Bertz CT molecular complexity index is 370. The van der Waals surface area contributed by atoms with Crippen molar-refractivity contribution in [2.24, 2.45) is 5.92 Å². The lowest BCUT2D eigenvalue weighted by molar-refractivity contribution is -0.145. The fourth-order valence-electron chi connectivity index (χ4n) is 1.91. The Morgan fingerprint density at radius 3 is 2.39 bits per heavy atom. The van der Waals surface area contributed by atoms with Crippen LogP contribution in [0.15, 0.2) is 12.3 Å². The summed E-state index contributed by atoms with van der Waals surface area (Å²) in [4.78, 5) is 25.1. The van der Waals surface area contributed by atoms with E-state index in [-0.39, 0.29) is 5.92 Å². The molecule has 102 valence electrons. The first-order valence-electron chi connectivity index (χ1n) is 5.96. The predicted molar refractivity (Wildman–Crippen MR) is 66.8 cm³/mol. The van der Waals surface area contributed by atoms with Gasteiger partial charge in [-0.2, -0.15) is 0 Å². The number of allylic oxidation sites excluding steroid dienone is 1. The van der Waals surface area contributed by atoms with Crippen LogP contribution < -0.4 is 0 Å². The van der Waals surface area contributed by atoms with Crippen LogP contribution in [0, 0.1) is 5.92 Å². The second kappa shape index (κ2) is 5.00. The van der Waals surface area contributed by atoms with E-state index in [9.17, 15) is 9.59 Å². The molecule has 0 aliphatic carbocycles. The molecule has 1 aliphatic heterocycles. The average molecular weight is 255 g/mol. The monoisotopic (exact) mass is 255 g/mol. The van der Waals surface area contributed by atoms with Crippen molar-refractivity contribution in [1.82, 2.24) is 4.90 Å². The van der Waals surface area contributed by atoms with Gasteiger partial charge in [0.15, 0.2) is 0 Å². The van der Waals surface area contributed by atoms with E-state index in [1.807, 2.05) is 6.92 Å². The van der Waals surface area contributed by atoms with Gasteiger partial charge in [0.2, 0.25) is 0 Å². The first-order valence-corrected chi connectivity index (χ1v) is 5.96. The number of likely N-dealkylation sites (tertiary alicyclic amines) is 1. The molecule has 0 aromatic carbocycles. The van der Waals surface area contributed by atoms with Gasteiger partial charge in [-0.05, 0) is 33.1 Å². The van der Waals surface area contributed by atoms with Crippen molar-refractivity contribution in [3.05, 3.63) is 12.3 Å². The Kier molecular flexibility index (Phi) is 4.04. The minimum absolute atomic E-state index is 0.0571. The summed E-state index contributed by atoms with van der Waals surface area (Å²) >= 11 is 0. The van der Waals surface area contributed by atoms with Gasteiger partial charge in [-0.25, -0.2) is 9.59 Å². The van der Waals surface area contributed by atoms with Gasteiger partial charge in [0, 0.05) is 5.70 Å². The van der Waals surface area contributed by atoms with E-state index in [1.54, 1.807) is 20.8 Å². The molecule has 1 aliphatic rings. The lowest BCUT2D eigenvalue weighted by atomic mass is 10.1. The molecule has 0 N–H and O–H groups in total. The van der Waals surface area contributed by atoms with Crippen molar-refractivity contribution >= 4 is 12.1 Å². The molecule has 1 amide bonds. The fourth-order valence-corrected chi connectivity index (χ4v) is 1.91. The zero-order chi connectivity index (χ0) is 14.1. The lowest BCUT2D eigenvalue weighted by Crippen LogP contribution is -2.42. The van der Waals surface area contributed by atoms with Gasteiger partial charge in [-0.1, -0.05) is 13.5 Å². The smallest absolute Gasteiger partial charge is 0.415 e. The molecule has 1 heterocycles. The molecule has 1 fully saturated rings. The summed E-state index contributed by atoms with van der Waals surface area (Å²) in [5.41, 5.74) is -0.0104. The first kappa shape index (κ1) is 14.5. The zero-order valence-electron chi connectivity index (χ0n) is 11.6. The van der Waals surface area contributed by atoms with Gasteiger partial charge in [0.25, 0.3) is 0 Å². The van der Waals surface area contributed by atoms with E-state index in [2.05, 4.69) is 6.58 Å². The van der Waals surface area contributed by atoms with E-state index < -0.39 is 23.7 Å². The molecule has 18 heavy (non-hydrogen) atoms. The third kappa shape index (κ3) is 3.03. The van der Waals surface area contributed by atoms with Crippen LogP contribution in [0.2, 0.25) is 0 Å². The number of rotatable bonds is 1. The molecule has 0 bridgehead atoms. The largest absolute Gasteiger partial charge is 0.467 e. The average Bonchev–Trinajstić information content (AvgIpc) is 2.52. The van der Waals surface area contributed by atoms with Gasteiger partial charge in [-0.3, -0.25) is 4.90 Å². The summed E-state index contributed by atoms with van der Waals surface area (Å²) < 4.78 is 10.00. The Hall–Kier alpha value is -1.52. The van der Waals surface area contributed by atoms with Crippen LogP contribution in [-0.4, -0.2) is 35.7 Å². The zero-order valence-corrected chi connectivity index (χ0v) is 11.6. The number of ether oxygens (including phenoxy) is 2. The first-order chi connectivity index (χ1) is 8.17. The number of hydrogen-bond acceptors (Lipinski definition) is 4. The minimum Gasteiger partial charge on any atom is -0.467 e. The number of nitrogens with zero attached hydrogens (tertiary/aromatic N) is 1. The normalized spacial score (nSPS) is 24.1. The topological polar surface area (TPSA) is 55.8 Å². The van der Waals surface area contributed by atoms with Crippen LogP contribution in [-0.2, 0) is 14.3 Å². The Morgan fingerprint density at radius 1 is 1.39 bits per heavy atom. The van der Waals surface area contributed by atoms with E-state index in [0.29, 0.717) is 12.1 Å². The molecule has 5 nitrogen and oxygen atoms in total. The van der Waals surface area contributed by atoms with E-state index in [1.165, 1.54) is 12.0 Å². The second-order valence-corrected chi connectivity index (χ2v) is 5.52. The van der Waals surface area contributed by atoms with E-state index in [0.717, 1.165) is 0 Å². The van der Waals surface area contributed by atoms with Crippen molar-refractivity contribution in [2.75, 3.05) is 7.11 Å². The third-order valence-electron chi connectivity index (χ3n) is 2.83.